The lowest BCUT2D eigenvalue weighted by molar-refractivity contribution is 0.0635. The van der Waals surface area contributed by atoms with Crippen molar-refractivity contribution < 1.29 is 9.53 Å². The molecule has 0 aliphatic rings. The van der Waals surface area contributed by atoms with Crippen LogP contribution in [-0.4, -0.2) is 24.0 Å². The summed E-state index contributed by atoms with van der Waals surface area (Å²) in [4.78, 5) is 18.7. The number of hydrogen-bond donors (Lipinski definition) is 1. The van der Waals surface area contributed by atoms with E-state index in [9.17, 15) is 4.79 Å². The molecular weight excluding hydrogens is 364 g/mol. The summed E-state index contributed by atoms with van der Waals surface area (Å²) < 4.78 is 5.83. The summed E-state index contributed by atoms with van der Waals surface area (Å²) in [7, 11) is 0. The van der Waals surface area contributed by atoms with Crippen LogP contribution >= 0.6 is 22.7 Å². The molecule has 1 unspecified atom stereocenters. The van der Waals surface area contributed by atoms with E-state index in [4.69, 9.17) is 4.74 Å². The van der Waals surface area contributed by atoms with Crippen molar-refractivity contribution in [1.82, 2.24) is 10.3 Å². The van der Waals surface area contributed by atoms with Crippen molar-refractivity contribution in [2.24, 2.45) is 0 Å². The minimum atomic E-state index is -0.0566. The molecule has 2 aromatic heterocycles. The van der Waals surface area contributed by atoms with Gasteiger partial charge in [0.1, 0.15) is 9.88 Å². The van der Waals surface area contributed by atoms with Crippen molar-refractivity contribution in [3.63, 3.8) is 0 Å². The monoisotopic (exact) mass is 386 g/mol. The molecular formula is C20H22N2O2S2. The summed E-state index contributed by atoms with van der Waals surface area (Å²) in [6.07, 6.45) is 0.836. The second-order valence-corrected chi connectivity index (χ2v) is 7.89. The highest BCUT2D eigenvalue weighted by Gasteiger charge is 2.16. The van der Waals surface area contributed by atoms with Crippen LogP contribution in [0.2, 0.25) is 0 Å². The summed E-state index contributed by atoms with van der Waals surface area (Å²) in [6, 6.07) is 14.2. The number of carbonyl (C=O) groups is 1. The van der Waals surface area contributed by atoms with E-state index in [0.717, 1.165) is 27.6 Å². The van der Waals surface area contributed by atoms with Crippen molar-refractivity contribution >= 4 is 28.6 Å². The van der Waals surface area contributed by atoms with Gasteiger partial charge in [0.25, 0.3) is 5.91 Å². The van der Waals surface area contributed by atoms with Gasteiger partial charge in [-0.3, -0.25) is 4.79 Å². The van der Waals surface area contributed by atoms with E-state index in [-0.39, 0.29) is 12.0 Å². The topological polar surface area (TPSA) is 51.2 Å². The van der Waals surface area contributed by atoms with Crippen LogP contribution in [0.5, 0.6) is 0 Å². The molecule has 3 aromatic rings. The van der Waals surface area contributed by atoms with Crippen LogP contribution in [0.1, 0.15) is 40.4 Å². The first kappa shape index (κ1) is 18.8. The van der Waals surface area contributed by atoms with Crippen LogP contribution in [-0.2, 0) is 4.74 Å². The minimum absolute atomic E-state index is 0.0566. The number of aryl methyl sites for hydroxylation is 1. The van der Waals surface area contributed by atoms with E-state index < -0.39 is 0 Å². The maximum atomic E-state index is 12.4. The molecule has 0 bridgehead atoms. The quantitative estimate of drug-likeness (QED) is 0.549. The van der Waals surface area contributed by atoms with Crippen LogP contribution in [0.3, 0.4) is 0 Å². The average Bonchev–Trinajstić information content (AvgIpc) is 3.31. The Hall–Kier alpha value is -2.02. The summed E-state index contributed by atoms with van der Waals surface area (Å²) in [6.45, 7) is 5.12. The van der Waals surface area contributed by atoms with Crippen LogP contribution in [0, 0.1) is 6.92 Å². The highest BCUT2D eigenvalue weighted by atomic mass is 32.1. The van der Waals surface area contributed by atoms with Gasteiger partial charge in [-0.25, -0.2) is 4.98 Å². The molecule has 2 heterocycles. The molecule has 0 aliphatic heterocycles. The van der Waals surface area contributed by atoms with Crippen molar-refractivity contribution in [2.75, 3.05) is 13.2 Å². The summed E-state index contributed by atoms with van der Waals surface area (Å²) in [5.41, 5.74) is 1.95. The first-order chi connectivity index (χ1) is 12.6. The molecule has 0 fully saturated rings. The van der Waals surface area contributed by atoms with Gasteiger partial charge in [0, 0.05) is 13.2 Å². The number of thiophene rings is 1. The number of carbonyl (C=O) groups excluding carboxylic acids is 1. The van der Waals surface area contributed by atoms with Gasteiger partial charge in [-0.2, -0.15) is 0 Å². The Morgan fingerprint density at radius 1 is 1.23 bits per heavy atom. The Bertz CT molecular complexity index is 829. The fourth-order valence-electron chi connectivity index (χ4n) is 2.55. The van der Waals surface area contributed by atoms with Crippen molar-refractivity contribution in [3.05, 3.63) is 64.0 Å². The number of ether oxygens (including phenoxy) is 1. The van der Waals surface area contributed by atoms with Gasteiger partial charge in [-0.05, 0) is 37.3 Å². The summed E-state index contributed by atoms with van der Waals surface area (Å²) >= 11 is 3.08. The van der Waals surface area contributed by atoms with E-state index >= 15 is 0 Å². The number of amides is 1. The Morgan fingerprint density at radius 3 is 2.77 bits per heavy atom. The summed E-state index contributed by atoms with van der Waals surface area (Å²) in [5, 5.41) is 5.89. The number of aromatic nitrogens is 1. The minimum Gasteiger partial charge on any atom is -0.374 e. The highest BCUT2D eigenvalue weighted by molar-refractivity contribution is 7.22. The molecule has 1 amide bonds. The largest absolute Gasteiger partial charge is 0.374 e. The van der Waals surface area contributed by atoms with E-state index in [2.05, 4.69) is 22.4 Å². The molecule has 0 spiro atoms. The van der Waals surface area contributed by atoms with Crippen molar-refractivity contribution in [3.8, 4) is 9.88 Å². The molecule has 1 aromatic carbocycles. The number of thiazole rings is 1. The van der Waals surface area contributed by atoms with E-state index in [1.54, 1.807) is 11.3 Å². The highest BCUT2D eigenvalue weighted by Crippen LogP contribution is 2.30. The SMILES string of the molecule is Cc1nc(-c2cccs2)sc1C(=O)NCCCOC(C)c1ccccc1. The standard InChI is InChI=1S/C20H22N2O2S2/c1-14-18(26-20(22-14)17-10-6-13-25-17)19(23)21-11-7-12-24-15(2)16-8-4-3-5-9-16/h3-6,8-10,13,15H,7,11-12H2,1-2H3,(H,21,23). The predicted molar refractivity (Wildman–Crippen MR) is 108 cm³/mol. The molecule has 6 heteroatoms. The number of nitrogens with one attached hydrogen (secondary N) is 1. The molecule has 0 saturated heterocycles. The lowest BCUT2D eigenvalue weighted by Crippen LogP contribution is -2.25. The first-order valence-electron chi connectivity index (χ1n) is 8.61. The van der Waals surface area contributed by atoms with E-state index in [1.165, 1.54) is 11.3 Å². The zero-order valence-electron chi connectivity index (χ0n) is 14.9. The van der Waals surface area contributed by atoms with E-state index in [0.29, 0.717) is 18.0 Å². The third kappa shape index (κ3) is 4.78. The third-order valence-corrected chi connectivity index (χ3v) is 6.17. The number of rotatable bonds is 8. The van der Waals surface area contributed by atoms with Gasteiger partial charge in [0.15, 0.2) is 0 Å². The maximum absolute atomic E-state index is 12.4. The molecule has 0 radical (unpaired) electrons. The van der Waals surface area contributed by atoms with Crippen molar-refractivity contribution in [2.45, 2.75) is 26.4 Å². The zero-order chi connectivity index (χ0) is 18.4. The lowest BCUT2D eigenvalue weighted by Gasteiger charge is -2.13. The Balaban J connectivity index is 1.43. The fraction of sp³-hybridized carbons (Fsp3) is 0.300. The Kier molecular flexibility index (Phi) is 6.55. The number of nitrogens with zero attached hydrogens (tertiary/aromatic N) is 1. The van der Waals surface area contributed by atoms with Crippen LogP contribution in [0.4, 0.5) is 0 Å². The van der Waals surface area contributed by atoms with Crippen molar-refractivity contribution in [1.29, 1.82) is 0 Å². The molecule has 1 N–H and O–H groups in total. The van der Waals surface area contributed by atoms with Gasteiger partial charge in [-0.15, -0.1) is 22.7 Å². The lowest BCUT2D eigenvalue weighted by atomic mass is 10.1. The number of hydrogen-bond acceptors (Lipinski definition) is 5. The van der Waals surface area contributed by atoms with Gasteiger partial charge < -0.3 is 10.1 Å². The molecule has 136 valence electrons. The molecule has 0 aliphatic carbocycles. The molecule has 0 saturated carbocycles. The van der Waals surface area contributed by atoms with E-state index in [1.807, 2.05) is 49.6 Å². The smallest absolute Gasteiger partial charge is 0.263 e. The van der Waals surface area contributed by atoms with Gasteiger partial charge in [0.05, 0.1) is 16.7 Å². The second-order valence-electron chi connectivity index (χ2n) is 5.94. The first-order valence-corrected chi connectivity index (χ1v) is 10.3. The predicted octanol–water partition coefficient (Wildman–Crippen LogP) is 5.08. The van der Waals surface area contributed by atoms with Gasteiger partial charge in [-0.1, -0.05) is 36.4 Å². The Morgan fingerprint density at radius 2 is 2.04 bits per heavy atom. The molecule has 4 nitrogen and oxygen atoms in total. The fourth-order valence-corrected chi connectivity index (χ4v) is 4.33. The Labute approximate surface area is 161 Å². The molecule has 26 heavy (non-hydrogen) atoms. The summed E-state index contributed by atoms with van der Waals surface area (Å²) in [5.74, 6) is -0.0566. The third-order valence-electron chi connectivity index (χ3n) is 3.98. The van der Waals surface area contributed by atoms with Crippen LogP contribution in [0.25, 0.3) is 9.88 Å². The molecule has 3 rings (SSSR count). The van der Waals surface area contributed by atoms with Gasteiger partial charge >= 0.3 is 0 Å². The second kappa shape index (κ2) is 9.07. The maximum Gasteiger partial charge on any atom is 0.263 e. The average molecular weight is 387 g/mol. The normalized spacial score (nSPS) is 12.1. The van der Waals surface area contributed by atoms with Crippen LogP contribution in [0.15, 0.2) is 47.8 Å². The van der Waals surface area contributed by atoms with Gasteiger partial charge in [0.2, 0.25) is 0 Å². The van der Waals surface area contributed by atoms with Crippen LogP contribution < -0.4 is 5.32 Å². The zero-order valence-corrected chi connectivity index (χ0v) is 16.5. The number of benzene rings is 1. The molecule has 1 atom stereocenters.